The van der Waals surface area contributed by atoms with Crippen LogP contribution in [0, 0.1) is 0 Å². The summed E-state index contributed by atoms with van der Waals surface area (Å²) in [7, 11) is -1.67. The second kappa shape index (κ2) is 9.19. The molecule has 2 aromatic rings. The summed E-state index contributed by atoms with van der Waals surface area (Å²) in [6.07, 6.45) is 1.28. The van der Waals surface area contributed by atoms with Crippen LogP contribution in [0.5, 0.6) is 17.2 Å². The number of rotatable bonds is 8. The number of benzene rings is 2. The van der Waals surface area contributed by atoms with Crippen molar-refractivity contribution in [1.29, 1.82) is 0 Å². The number of sulfonamides is 1. The Morgan fingerprint density at radius 2 is 1.81 bits per heavy atom. The Morgan fingerprint density at radius 3 is 2.56 bits per heavy atom. The topological polar surface area (TPSA) is 68.3 Å². The Balaban J connectivity index is 1.26. The van der Waals surface area contributed by atoms with Crippen molar-refractivity contribution in [2.45, 2.75) is 32.3 Å². The molecule has 0 N–H and O–H groups in total. The minimum absolute atomic E-state index is 0.0769. The molecule has 0 radical (unpaired) electrons. The predicted octanol–water partition coefficient (Wildman–Crippen LogP) is 3.33. The average molecular weight is 461 g/mol. The van der Waals surface area contributed by atoms with E-state index in [9.17, 15) is 8.42 Å². The predicted molar refractivity (Wildman–Crippen MR) is 126 cm³/mol. The van der Waals surface area contributed by atoms with Crippen LogP contribution in [0.25, 0.3) is 0 Å². The number of hydrogen-bond donors (Lipinski definition) is 0. The van der Waals surface area contributed by atoms with Gasteiger partial charge in [0.05, 0.1) is 19.5 Å². The summed E-state index contributed by atoms with van der Waals surface area (Å²) in [4.78, 5) is 2.19. The molecule has 0 bridgehead atoms. The number of fused-ring (bicyclic) bond motifs is 1. The molecule has 0 atom stereocenters. The van der Waals surface area contributed by atoms with Gasteiger partial charge in [-0.15, -0.1) is 0 Å². The number of nitrogens with zero attached hydrogens (tertiary/aromatic N) is 2. The summed E-state index contributed by atoms with van der Waals surface area (Å²) in [6, 6.07) is 13.7. The van der Waals surface area contributed by atoms with Crippen molar-refractivity contribution >= 4 is 15.7 Å². The molecule has 2 heterocycles. The summed E-state index contributed by atoms with van der Waals surface area (Å²) in [5.41, 5.74) is 1.95. The fourth-order valence-corrected chi connectivity index (χ4v) is 5.75. The van der Waals surface area contributed by atoms with Crippen LogP contribution in [0.3, 0.4) is 0 Å². The molecule has 0 aliphatic carbocycles. The first kappa shape index (κ1) is 22.7. The molecule has 2 aliphatic heterocycles. The standard InChI is InChI=1S/C24H32N2O5S/c1-24(2)18-19-7-4-10-22(23(19)31-24)30-15-6-16-32(27,28)26-13-11-25(12-14-26)20-8-5-9-21(17-20)29-3/h4-5,7-10,17H,6,11-16,18H2,1-3H3. The smallest absolute Gasteiger partial charge is 0.214 e. The van der Waals surface area contributed by atoms with Gasteiger partial charge in [0, 0.05) is 49.9 Å². The normalized spacial score (nSPS) is 18.2. The number of piperazine rings is 1. The van der Waals surface area contributed by atoms with Gasteiger partial charge in [0.2, 0.25) is 10.0 Å². The lowest BCUT2D eigenvalue weighted by Crippen LogP contribution is -2.49. The molecule has 32 heavy (non-hydrogen) atoms. The van der Waals surface area contributed by atoms with Gasteiger partial charge in [-0.25, -0.2) is 8.42 Å². The summed E-state index contributed by atoms with van der Waals surface area (Å²) in [6.45, 7) is 6.72. The van der Waals surface area contributed by atoms with E-state index in [0.717, 1.165) is 29.2 Å². The first-order valence-electron chi connectivity index (χ1n) is 11.1. The molecule has 2 aromatic carbocycles. The zero-order valence-corrected chi connectivity index (χ0v) is 19.9. The Kier molecular flexibility index (Phi) is 6.53. The highest BCUT2D eigenvalue weighted by atomic mass is 32.2. The summed E-state index contributed by atoms with van der Waals surface area (Å²) in [5.74, 6) is 2.36. The van der Waals surface area contributed by atoms with Gasteiger partial charge < -0.3 is 19.1 Å². The molecule has 174 valence electrons. The van der Waals surface area contributed by atoms with Gasteiger partial charge in [-0.3, -0.25) is 0 Å². The van der Waals surface area contributed by atoms with Crippen molar-refractivity contribution in [3.8, 4) is 17.2 Å². The van der Waals surface area contributed by atoms with E-state index in [2.05, 4.69) is 18.7 Å². The van der Waals surface area contributed by atoms with Gasteiger partial charge in [0.15, 0.2) is 11.5 Å². The highest BCUT2D eigenvalue weighted by Crippen LogP contribution is 2.41. The summed E-state index contributed by atoms with van der Waals surface area (Å²) < 4.78 is 44.4. The van der Waals surface area contributed by atoms with Crippen LogP contribution in [0.1, 0.15) is 25.8 Å². The first-order valence-corrected chi connectivity index (χ1v) is 12.7. The van der Waals surface area contributed by atoms with Crippen LogP contribution in [0.15, 0.2) is 42.5 Å². The van der Waals surface area contributed by atoms with Crippen LogP contribution in [0.2, 0.25) is 0 Å². The highest BCUT2D eigenvalue weighted by Gasteiger charge is 2.32. The van der Waals surface area contributed by atoms with Gasteiger partial charge >= 0.3 is 0 Å². The van der Waals surface area contributed by atoms with E-state index in [1.165, 1.54) is 0 Å². The maximum absolute atomic E-state index is 12.8. The third kappa shape index (κ3) is 5.13. The Bertz CT molecular complexity index is 1050. The van der Waals surface area contributed by atoms with Crippen molar-refractivity contribution < 1.29 is 22.6 Å². The van der Waals surface area contributed by atoms with Crippen molar-refractivity contribution in [1.82, 2.24) is 4.31 Å². The minimum atomic E-state index is -3.32. The molecule has 0 saturated carbocycles. The van der Waals surface area contributed by atoms with Crippen molar-refractivity contribution in [2.24, 2.45) is 0 Å². The molecule has 0 aromatic heterocycles. The maximum atomic E-state index is 12.8. The quantitative estimate of drug-likeness (QED) is 0.563. The van der Waals surface area contributed by atoms with E-state index < -0.39 is 10.0 Å². The van der Waals surface area contributed by atoms with E-state index >= 15 is 0 Å². The van der Waals surface area contributed by atoms with E-state index in [4.69, 9.17) is 14.2 Å². The zero-order valence-electron chi connectivity index (χ0n) is 19.0. The third-order valence-electron chi connectivity index (χ3n) is 5.91. The molecular weight excluding hydrogens is 428 g/mol. The van der Waals surface area contributed by atoms with Crippen LogP contribution < -0.4 is 19.1 Å². The molecule has 8 heteroatoms. The lowest BCUT2D eigenvalue weighted by molar-refractivity contribution is 0.132. The summed E-state index contributed by atoms with van der Waals surface area (Å²) in [5, 5.41) is 0. The van der Waals surface area contributed by atoms with Crippen molar-refractivity contribution in [3.05, 3.63) is 48.0 Å². The second-order valence-electron chi connectivity index (χ2n) is 8.89. The van der Waals surface area contributed by atoms with Crippen LogP contribution in [-0.4, -0.2) is 64.0 Å². The molecule has 4 rings (SSSR count). The lowest BCUT2D eigenvalue weighted by atomic mass is 10.0. The number of para-hydroxylation sites is 1. The largest absolute Gasteiger partial charge is 0.497 e. The molecule has 1 fully saturated rings. The Morgan fingerprint density at radius 1 is 1.06 bits per heavy atom. The Labute approximate surface area is 190 Å². The monoisotopic (exact) mass is 460 g/mol. The van der Waals surface area contributed by atoms with Crippen LogP contribution in [0.4, 0.5) is 5.69 Å². The fourth-order valence-electron chi connectivity index (χ4n) is 4.29. The fraction of sp³-hybridized carbons (Fsp3) is 0.500. The zero-order chi connectivity index (χ0) is 22.8. The SMILES string of the molecule is COc1cccc(N2CCN(S(=O)(=O)CCCOc3cccc4c3OC(C)(C)C4)CC2)c1. The van der Waals surface area contributed by atoms with Crippen LogP contribution in [-0.2, 0) is 16.4 Å². The molecular formula is C24H32N2O5S. The van der Waals surface area contributed by atoms with Gasteiger partial charge in [-0.2, -0.15) is 4.31 Å². The van der Waals surface area contributed by atoms with E-state index in [1.807, 2.05) is 42.5 Å². The maximum Gasteiger partial charge on any atom is 0.214 e. The number of anilines is 1. The molecule has 0 unspecified atom stereocenters. The van der Waals surface area contributed by atoms with E-state index in [-0.39, 0.29) is 11.4 Å². The summed E-state index contributed by atoms with van der Waals surface area (Å²) >= 11 is 0. The van der Waals surface area contributed by atoms with Gasteiger partial charge in [-0.1, -0.05) is 18.2 Å². The van der Waals surface area contributed by atoms with Crippen molar-refractivity contribution in [3.63, 3.8) is 0 Å². The molecule has 1 saturated heterocycles. The molecule has 0 amide bonds. The van der Waals surface area contributed by atoms with Crippen LogP contribution >= 0.6 is 0 Å². The average Bonchev–Trinajstić information content (AvgIpc) is 3.11. The Hall–Kier alpha value is -2.45. The molecule has 7 nitrogen and oxygen atoms in total. The van der Waals surface area contributed by atoms with E-state index in [0.29, 0.717) is 45.0 Å². The molecule has 0 spiro atoms. The first-order chi connectivity index (χ1) is 15.3. The highest BCUT2D eigenvalue weighted by molar-refractivity contribution is 7.89. The lowest BCUT2D eigenvalue weighted by Gasteiger charge is -2.35. The van der Waals surface area contributed by atoms with E-state index in [1.54, 1.807) is 11.4 Å². The number of hydrogen-bond acceptors (Lipinski definition) is 6. The second-order valence-corrected chi connectivity index (χ2v) is 11.0. The minimum Gasteiger partial charge on any atom is -0.497 e. The van der Waals surface area contributed by atoms with Gasteiger partial charge in [0.1, 0.15) is 11.4 Å². The number of ether oxygens (including phenoxy) is 3. The molecule has 2 aliphatic rings. The van der Waals surface area contributed by atoms with Gasteiger partial charge in [0.25, 0.3) is 0 Å². The third-order valence-corrected chi connectivity index (χ3v) is 7.87. The van der Waals surface area contributed by atoms with Gasteiger partial charge in [-0.05, 0) is 38.5 Å². The number of methoxy groups -OCH3 is 1. The van der Waals surface area contributed by atoms with Crippen molar-refractivity contribution in [2.75, 3.05) is 50.5 Å².